The molecule has 26 heavy (non-hydrogen) atoms. The van der Waals surface area contributed by atoms with E-state index >= 15 is 0 Å². The number of hydrogen-bond acceptors (Lipinski definition) is 7. The van der Waals surface area contributed by atoms with Gasteiger partial charge >= 0.3 is 12.1 Å². The summed E-state index contributed by atoms with van der Waals surface area (Å²) >= 11 is 1.27. The van der Waals surface area contributed by atoms with Crippen molar-refractivity contribution in [2.24, 2.45) is 0 Å². The Morgan fingerprint density at radius 3 is 2.73 bits per heavy atom. The standard InChI is InChI=1S/C17H15N3O5S/c1-24-14(21)6-9-5-13(26-8-9)15(22)10-3-4-11-12(7-10)19-16(18-11)20-17(23)25-2/h3-5,7-8H,6H2,1-2H3,(H2,18,19,20,23). The van der Waals surface area contributed by atoms with Crippen LogP contribution in [0.1, 0.15) is 20.8 Å². The van der Waals surface area contributed by atoms with Crippen molar-refractivity contribution in [2.45, 2.75) is 6.42 Å². The van der Waals surface area contributed by atoms with Crippen LogP contribution in [0, 0.1) is 0 Å². The van der Waals surface area contributed by atoms with Crippen molar-refractivity contribution < 1.29 is 23.9 Å². The number of benzene rings is 1. The molecule has 0 saturated carbocycles. The van der Waals surface area contributed by atoms with Crippen molar-refractivity contribution in [3.63, 3.8) is 0 Å². The Labute approximate surface area is 152 Å². The Morgan fingerprint density at radius 1 is 1.19 bits per heavy atom. The average molecular weight is 373 g/mol. The van der Waals surface area contributed by atoms with E-state index in [1.165, 1.54) is 25.6 Å². The molecule has 2 aromatic heterocycles. The van der Waals surface area contributed by atoms with E-state index in [1.807, 2.05) is 0 Å². The average Bonchev–Trinajstić information content (AvgIpc) is 3.26. The molecule has 0 atom stereocenters. The number of aromatic nitrogens is 2. The van der Waals surface area contributed by atoms with E-state index in [9.17, 15) is 14.4 Å². The third kappa shape index (κ3) is 3.72. The highest BCUT2D eigenvalue weighted by molar-refractivity contribution is 7.12. The third-order valence-corrected chi connectivity index (χ3v) is 4.58. The number of ether oxygens (including phenoxy) is 2. The molecular formula is C17H15N3O5S. The van der Waals surface area contributed by atoms with Crippen molar-refractivity contribution in [1.29, 1.82) is 0 Å². The Morgan fingerprint density at radius 2 is 2.00 bits per heavy atom. The molecule has 0 aliphatic rings. The predicted molar refractivity (Wildman–Crippen MR) is 95.6 cm³/mol. The summed E-state index contributed by atoms with van der Waals surface area (Å²) < 4.78 is 9.14. The summed E-state index contributed by atoms with van der Waals surface area (Å²) in [6, 6.07) is 6.69. The Hall–Kier alpha value is -3.20. The quantitative estimate of drug-likeness (QED) is 0.526. The van der Waals surface area contributed by atoms with Gasteiger partial charge in [0.2, 0.25) is 11.7 Å². The zero-order chi connectivity index (χ0) is 18.7. The smallest absolute Gasteiger partial charge is 0.413 e. The van der Waals surface area contributed by atoms with Crippen LogP contribution >= 0.6 is 11.3 Å². The zero-order valence-electron chi connectivity index (χ0n) is 14.0. The minimum atomic E-state index is -0.642. The molecule has 8 nitrogen and oxygen atoms in total. The van der Waals surface area contributed by atoms with Crippen LogP contribution in [-0.2, 0) is 20.7 Å². The summed E-state index contributed by atoms with van der Waals surface area (Å²) in [5, 5.41) is 4.20. The number of aromatic amines is 1. The molecule has 2 heterocycles. The number of ketones is 1. The van der Waals surface area contributed by atoms with Gasteiger partial charge in [-0.05, 0) is 35.2 Å². The van der Waals surface area contributed by atoms with Crippen LogP contribution < -0.4 is 5.32 Å². The van der Waals surface area contributed by atoms with Gasteiger partial charge in [0, 0.05) is 5.56 Å². The van der Waals surface area contributed by atoms with Gasteiger partial charge in [0.1, 0.15) is 0 Å². The molecule has 1 amide bonds. The van der Waals surface area contributed by atoms with Gasteiger partial charge in [-0.3, -0.25) is 14.9 Å². The van der Waals surface area contributed by atoms with Crippen molar-refractivity contribution in [1.82, 2.24) is 9.97 Å². The highest BCUT2D eigenvalue weighted by atomic mass is 32.1. The lowest BCUT2D eigenvalue weighted by molar-refractivity contribution is -0.139. The Kier molecular flexibility index (Phi) is 4.99. The van der Waals surface area contributed by atoms with Gasteiger partial charge in [0.25, 0.3) is 0 Å². The van der Waals surface area contributed by atoms with E-state index in [1.54, 1.807) is 29.6 Å². The van der Waals surface area contributed by atoms with Crippen LogP contribution in [0.4, 0.5) is 10.7 Å². The molecule has 3 rings (SSSR count). The van der Waals surface area contributed by atoms with E-state index in [0.29, 0.717) is 21.5 Å². The molecule has 2 N–H and O–H groups in total. The van der Waals surface area contributed by atoms with Crippen molar-refractivity contribution in [2.75, 3.05) is 19.5 Å². The minimum absolute atomic E-state index is 0.127. The summed E-state index contributed by atoms with van der Waals surface area (Å²) in [4.78, 5) is 42.9. The summed E-state index contributed by atoms with van der Waals surface area (Å²) in [6.45, 7) is 0. The van der Waals surface area contributed by atoms with Gasteiger partial charge < -0.3 is 14.5 Å². The predicted octanol–water partition coefficient (Wildman–Crippen LogP) is 2.75. The fourth-order valence-electron chi connectivity index (χ4n) is 2.33. The number of carbonyl (C=O) groups is 3. The van der Waals surface area contributed by atoms with E-state index < -0.39 is 6.09 Å². The topological polar surface area (TPSA) is 110 Å². The molecule has 3 aromatic rings. The van der Waals surface area contributed by atoms with Gasteiger partial charge in [-0.15, -0.1) is 11.3 Å². The van der Waals surface area contributed by atoms with Crippen LogP contribution in [0.2, 0.25) is 0 Å². The summed E-state index contributed by atoms with van der Waals surface area (Å²) in [5.74, 6) is -0.288. The highest BCUT2D eigenvalue weighted by Gasteiger charge is 2.15. The first-order valence-electron chi connectivity index (χ1n) is 7.54. The molecule has 9 heteroatoms. The van der Waals surface area contributed by atoms with E-state index in [-0.39, 0.29) is 24.1 Å². The number of thiophene rings is 1. The first-order valence-corrected chi connectivity index (χ1v) is 8.41. The fraction of sp³-hybridized carbons (Fsp3) is 0.176. The van der Waals surface area contributed by atoms with Crippen LogP contribution in [0.3, 0.4) is 0 Å². The molecule has 0 unspecified atom stereocenters. The third-order valence-electron chi connectivity index (χ3n) is 3.60. The van der Waals surface area contributed by atoms with Crippen molar-refractivity contribution in [3.05, 3.63) is 45.6 Å². The number of imidazole rings is 1. The normalized spacial score (nSPS) is 10.5. The maximum atomic E-state index is 12.7. The van der Waals surface area contributed by atoms with Gasteiger partial charge in [0.15, 0.2) is 0 Å². The number of nitrogens with zero attached hydrogens (tertiary/aromatic N) is 1. The van der Waals surface area contributed by atoms with Crippen LogP contribution in [-0.4, -0.2) is 42.0 Å². The number of H-pyrrole nitrogens is 1. The number of amides is 1. The minimum Gasteiger partial charge on any atom is -0.469 e. The number of fused-ring (bicyclic) bond motifs is 1. The van der Waals surface area contributed by atoms with Crippen LogP contribution in [0.15, 0.2) is 29.6 Å². The lowest BCUT2D eigenvalue weighted by atomic mass is 10.1. The van der Waals surface area contributed by atoms with Crippen LogP contribution in [0.25, 0.3) is 11.0 Å². The Bertz CT molecular complexity index is 991. The van der Waals surface area contributed by atoms with Gasteiger partial charge in [-0.1, -0.05) is 0 Å². The van der Waals surface area contributed by atoms with Crippen LogP contribution in [0.5, 0.6) is 0 Å². The number of hydrogen-bond donors (Lipinski definition) is 2. The molecule has 0 fully saturated rings. The van der Waals surface area contributed by atoms with Gasteiger partial charge in [0.05, 0.1) is 36.6 Å². The molecule has 0 spiro atoms. The van der Waals surface area contributed by atoms with E-state index in [2.05, 4.69) is 24.8 Å². The van der Waals surface area contributed by atoms with E-state index in [4.69, 9.17) is 0 Å². The zero-order valence-corrected chi connectivity index (χ0v) is 14.8. The lowest BCUT2D eigenvalue weighted by Crippen LogP contribution is -2.11. The number of nitrogens with one attached hydrogen (secondary N) is 2. The number of anilines is 1. The second-order valence-electron chi connectivity index (χ2n) is 5.34. The first-order chi connectivity index (χ1) is 12.5. The summed E-state index contributed by atoms with van der Waals surface area (Å²) in [5.41, 5.74) is 2.41. The second kappa shape index (κ2) is 7.36. The van der Waals surface area contributed by atoms with Crippen molar-refractivity contribution >= 4 is 46.2 Å². The number of methoxy groups -OCH3 is 2. The number of carbonyl (C=O) groups excluding carboxylic acids is 3. The second-order valence-corrected chi connectivity index (χ2v) is 6.25. The largest absolute Gasteiger partial charge is 0.469 e. The van der Waals surface area contributed by atoms with Gasteiger partial charge in [-0.25, -0.2) is 9.78 Å². The Balaban J connectivity index is 1.82. The molecular weight excluding hydrogens is 358 g/mol. The molecule has 0 aliphatic carbocycles. The number of rotatable bonds is 5. The molecule has 0 bridgehead atoms. The first kappa shape index (κ1) is 17.6. The SMILES string of the molecule is COC(=O)Cc1csc(C(=O)c2ccc3nc(NC(=O)OC)[nH]c3c2)c1. The molecule has 0 radical (unpaired) electrons. The molecule has 0 aliphatic heterocycles. The maximum Gasteiger partial charge on any atom is 0.413 e. The maximum absolute atomic E-state index is 12.7. The van der Waals surface area contributed by atoms with Gasteiger partial charge in [-0.2, -0.15) is 0 Å². The summed E-state index contributed by atoms with van der Waals surface area (Å²) in [6.07, 6.45) is -0.514. The number of esters is 1. The monoisotopic (exact) mass is 373 g/mol. The summed E-state index contributed by atoms with van der Waals surface area (Å²) in [7, 11) is 2.58. The highest BCUT2D eigenvalue weighted by Crippen LogP contribution is 2.22. The van der Waals surface area contributed by atoms with E-state index in [0.717, 1.165) is 5.56 Å². The molecule has 134 valence electrons. The molecule has 1 aromatic carbocycles. The lowest BCUT2D eigenvalue weighted by Gasteiger charge is -1.98. The van der Waals surface area contributed by atoms with Crippen molar-refractivity contribution in [3.8, 4) is 0 Å². The fourth-order valence-corrected chi connectivity index (χ4v) is 3.20. The molecule has 0 saturated heterocycles.